The van der Waals surface area contributed by atoms with Crippen LogP contribution in [-0.2, 0) is 6.42 Å². The van der Waals surface area contributed by atoms with Crippen LogP contribution in [0.5, 0.6) is 0 Å². The Morgan fingerprint density at radius 2 is 2.16 bits per heavy atom. The molecule has 0 aliphatic heterocycles. The van der Waals surface area contributed by atoms with Crippen molar-refractivity contribution in [3.63, 3.8) is 0 Å². The molecule has 3 heteroatoms. The van der Waals surface area contributed by atoms with Crippen molar-refractivity contribution < 1.29 is 0 Å². The quantitative estimate of drug-likeness (QED) is 0.878. The fourth-order valence-electron chi connectivity index (χ4n) is 4.03. The van der Waals surface area contributed by atoms with Crippen molar-refractivity contribution in [3.8, 4) is 0 Å². The van der Waals surface area contributed by atoms with Gasteiger partial charge in [0.1, 0.15) is 0 Å². The topological polar surface area (TPSA) is 42.2 Å². The predicted molar refractivity (Wildman–Crippen MR) is 77.7 cm³/mol. The molecule has 3 rings (SSSR count). The first-order valence-electron chi connectivity index (χ1n) is 7.58. The molecule has 2 N–H and O–H groups in total. The molecule has 104 valence electrons. The Labute approximate surface area is 116 Å². The lowest BCUT2D eigenvalue weighted by atomic mass is 9.84. The average molecular weight is 259 g/mol. The van der Waals surface area contributed by atoms with Gasteiger partial charge in [0.05, 0.1) is 0 Å². The summed E-state index contributed by atoms with van der Waals surface area (Å²) in [7, 11) is 2.22. The third-order valence-electron chi connectivity index (χ3n) is 5.16. The lowest BCUT2D eigenvalue weighted by Crippen LogP contribution is -2.42. The van der Waals surface area contributed by atoms with Crippen LogP contribution in [0.4, 0.5) is 0 Å². The van der Waals surface area contributed by atoms with Gasteiger partial charge < -0.3 is 10.6 Å². The van der Waals surface area contributed by atoms with Gasteiger partial charge in [0, 0.05) is 37.4 Å². The van der Waals surface area contributed by atoms with E-state index < -0.39 is 0 Å². The number of nitrogens with two attached hydrogens (primary N) is 1. The third kappa shape index (κ3) is 2.82. The van der Waals surface area contributed by atoms with Crippen LogP contribution in [-0.4, -0.2) is 36.1 Å². The summed E-state index contributed by atoms with van der Waals surface area (Å²) >= 11 is 0. The fourth-order valence-corrected chi connectivity index (χ4v) is 4.03. The Hall–Kier alpha value is -0.930. The molecule has 0 spiro atoms. The zero-order valence-corrected chi connectivity index (χ0v) is 11.8. The van der Waals surface area contributed by atoms with E-state index in [1.54, 1.807) is 0 Å². The van der Waals surface area contributed by atoms with Gasteiger partial charge in [0.15, 0.2) is 0 Å². The molecule has 0 radical (unpaired) electrons. The second-order valence-electron chi connectivity index (χ2n) is 6.41. The summed E-state index contributed by atoms with van der Waals surface area (Å²) in [4.78, 5) is 6.83. The van der Waals surface area contributed by atoms with Crippen LogP contribution in [0.1, 0.15) is 25.0 Å². The number of pyridine rings is 1. The normalized spacial score (nSPS) is 33.2. The van der Waals surface area contributed by atoms with Gasteiger partial charge in [-0.05, 0) is 56.2 Å². The van der Waals surface area contributed by atoms with Gasteiger partial charge in [0.25, 0.3) is 0 Å². The van der Waals surface area contributed by atoms with E-state index in [0.717, 1.165) is 37.3 Å². The average Bonchev–Trinajstić information content (AvgIpc) is 3.01. The summed E-state index contributed by atoms with van der Waals surface area (Å²) in [5.41, 5.74) is 7.57. The predicted octanol–water partition coefficient (Wildman–Crippen LogP) is 1.93. The molecule has 4 unspecified atom stereocenters. The van der Waals surface area contributed by atoms with Crippen LogP contribution in [0.15, 0.2) is 24.4 Å². The molecule has 2 bridgehead atoms. The SMILES string of the molecule is CN(CCc1ccccn1)CC1C2CCC(C2)C1N. The Bertz CT molecular complexity index is 404. The molecule has 1 heterocycles. The van der Waals surface area contributed by atoms with E-state index in [1.807, 2.05) is 12.3 Å². The molecule has 0 saturated heterocycles. The zero-order valence-electron chi connectivity index (χ0n) is 11.8. The molecule has 0 amide bonds. The minimum Gasteiger partial charge on any atom is -0.327 e. The monoisotopic (exact) mass is 259 g/mol. The number of aromatic nitrogens is 1. The maximum Gasteiger partial charge on any atom is 0.0416 e. The molecular weight excluding hydrogens is 234 g/mol. The Morgan fingerprint density at radius 3 is 2.84 bits per heavy atom. The first-order chi connectivity index (χ1) is 9.24. The summed E-state index contributed by atoms with van der Waals surface area (Å²) in [6, 6.07) is 6.60. The maximum atomic E-state index is 6.38. The smallest absolute Gasteiger partial charge is 0.0416 e. The van der Waals surface area contributed by atoms with Crippen LogP contribution < -0.4 is 5.73 Å². The van der Waals surface area contributed by atoms with Crippen molar-refractivity contribution in [1.29, 1.82) is 0 Å². The summed E-state index contributed by atoms with van der Waals surface area (Å²) < 4.78 is 0. The van der Waals surface area contributed by atoms with E-state index >= 15 is 0 Å². The van der Waals surface area contributed by atoms with E-state index in [0.29, 0.717) is 6.04 Å². The minimum absolute atomic E-state index is 0.455. The third-order valence-corrected chi connectivity index (χ3v) is 5.16. The van der Waals surface area contributed by atoms with Crippen molar-refractivity contribution in [1.82, 2.24) is 9.88 Å². The highest BCUT2D eigenvalue weighted by molar-refractivity contribution is 5.04. The highest BCUT2D eigenvalue weighted by Gasteiger charge is 2.45. The maximum absolute atomic E-state index is 6.38. The van der Waals surface area contributed by atoms with Gasteiger partial charge in [0.2, 0.25) is 0 Å². The number of hydrogen-bond acceptors (Lipinski definition) is 3. The number of hydrogen-bond donors (Lipinski definition) is 1. The minimum atomic E-state index is 0.455. The first-order valence-corrected chi connectivity index (χ1v) is 7.58. The highest BCUT2D eigenvalue weighted by Crippen LogP contribution is 2.47. The zero-order chi connectivity index (χ0) is 13.2. The molecule has 4 atom stereocenters. The van der Waals surface area contributed by atoms with Gasteiger partial charge in [-0.3, -0.25) is 4.98 Å². The summed E-state index contributed by atoms with van der Waals surface area (Å²) in [5.74, 6) is 2.45. The van der Waals surface area contributed by atoms with Gasteiger partial charge in [-0.2, -0.15) is 0 Å². The highest BCUT2D eigenvalue weighted by atomic mass is 15.1. The molecule has 2 fully saturated rings. The van der Waals surface area contributed by atoms with E-state index in [2.05, 4.69) is 29.1 Å². The lowest BCUT2D eigenvalue weighted by molar-refractivity contribution is 0.200. The van der Waals surface area contributed by atoms with E-state index in [-0.39, 0.29) is 0 Å². The van der Waals surface area contributed by atoms with E-state index in [1.165, 1.54) is 25.0 Å². The van der Waals surface area contributed by atoms with Crippen LogP contribution in [0.2, 0.25) is 0 Å². The van der Waals surface area contributed by atoms with E-state index in [9.17, 15) is 0 Å². The standard InChI is InChI=1S/C16H25N3/c1-19(9-7-14-4-2-3-8-18-14)11-15-12-5-6-13(10-12)16(15)17/h2-4,8,12-13,15-16H,5-7,9-11,17H2,1H3. The van der Waals surface area contributed by atoms with Crippen molar-refractivity contribution in [2.45, 2.75) is 31.7 Å². The Kier molecular flexibility index (Phi) is 3.85. The summed E-state index contributed by atoms with van der Waals surface area (Å²) in [6.07, 6.45) is 7.09. The van der Waals surface area contributed by atoms with Crippen LogP contribution in [0.3, 0.4) is 0 Å². The van der Waals surface area contributed by atoms with Crippen LogP contribution in [0, 0.1) is 17.8 Å². The fraction of sp³-hybridized carbons (Fsp3) is 0.688. The molecule has 19 heavy (non-hydrogen) atoms. The van der Waals surface area contributed by atoms with Crippen LogP contribution in [0.25, 0.3) is 0 Å². The largest absolute Gasteiger partial charge is 0.327 e. The Morgan fingerprint density at radius 1 is 1.32 bits per heavy atom. The number of likely N-dealkylation sites (N-methyl/N-ethyl adjacent to an activating group) is 1. The van der Waals surface area contributed by atoms with Crippen molar-refractivity contribution in [3.05, 3.63) is 30.1 Å². The molecular formula is C16H25N3. The molecule has 1 aromatic heterocycles. The Balaban J connectivity index is 1.48. The number of fused-ring (bicyclic) bond motifs is 2. The molecule has 0 aromatic carbocycles. The van der Waals surface area contributed by atoms with Crippen LogP contribution >= 0.6 is 0 Å². The molecule has 2 aliphatic rings. The first kappa shape index (κ1) is 13.1. The van der Waals surface area contributed by atoms with Gasteiger partial charge >= 0.3 is 0 Å². The number of nitrogens with zero attached hydrogens (tertiary/aromatic N) is 2. The van der Waals surface area contributed by atoms with E-state index in [4.69, 9.17) is 5.73 Å². The second-order valence-corrected chi connectivity index (χ2v) is 6.41. The second kappa shape index (κ2) is 5.59. The van der Waals surface area contributed by atoms with Gasteiger partial charge in [-0.15, -0.1) is 0 Å². The molecule has 2 aliphatic carbocycles. The van der Waals surface area contributed by atoms with Crippen molar-refractivity contribution >= 4 is 0 Å². The summed E-state index contributed by atoms with van der Waals surface area (Å²) in [5, 5.41) is 0. The molecule has 2 saturated carbocycles. The van der Waals surface area contributed by atoms with Crippen molar-refractivity contribution in [2.24, 2.45) is 23.5 Å². The van der Waals surface area contributed by atoms with Gasteiger partial charge in [-0.25, -0.2) is 0 Å². The number of rotatable bonds is 5. The summed E-state index contributed by atoms with van der Waals surface area (Å²) in [6.45, 7) is 2.24. The van der Waals surface area contributed by atoms with Gasteiger partial charge in [-0.1, -0.05) is 6.07 Å². The van der Waals surface area contributed by atoms with Crippen molar-refractivity contribution in [2.75, 3.05) is 20.1 Å². The molecule has 1 aromatic rings. The lowest BCUT2D eigenvalue weighted by Gasteiger charge is -2.31. The molecule has 3 nitrogen and oxygen atoms in total.